The predicted octanol–water partition coefficient (Wildman–Crippen LogP) is 2.38. The van der Waals surface area contributed by atoms with Crippen molar-refractivity contribution in [1.29, 1.82) is 0 Å². The molecule has 4 heteroatoms. The van der Waals surface area contributed by atoms with Crippen LogP contribution in [0.5, 0.6) is 0 Å². The summed E-state index contributed by atoms with van der Waals surface area (Å²) in [7, 11) is 0. The molecule has 4 nitrogen and oxygen atoms in total. The van der Waals surface area contributed by atoms with Crippen LogP contribution >= 0.6 is 0 Å². The van der Waals surface area contributed by atoms with E-state index in [0.29, 0.717) is 19.6 Å². The summed E-state index contributed by atoms with van der Waals surface area (Å²) in [4.78, 5) is 11.4. The van der Waals surface area contributed by atoms with Crippen LogP contribution in [-0.4, -0.2) is 37.3 Å². The maximum atomic E-state index is 11.4. The number of aliphatic hydroxyl groups is 1. The number of rotatable bonds is 14. The largest absolute Gasteiger partial charge is 0.396 e. The van der Waals surface area contributed by atoms with E-state index in [-0.39, 0.29) is 5.91 Å². The molecule has 0 aliphatic heterocycles. The zero-order valence-electron chi connectivity index (χ0n) is 13.0. The zero-order chi connectivity index (χ0) is 14.9. The number of hydrogen-bond acceptors (Lipinski definition) is 3. The number of carbonyl (C=O) groups is 1. The van der Waals surface area contributed by atoms with Gasteiger partial charge in [-0.25, -0.2) is 0 Å². The van der Waals surface area contributed by atoms with Crippen molar-refractivity contribution in [2.24, 2.45) is 0 Å². The molecule has 0 fully saturated rings. The van der Waals surface area contributed by atoms with Gasteiger partial charge in [0.25, 0.3) is 0 Å². The summed E-state index contributed by atoms with van der Waals surface area (Å²) in [6.45, 7) is 4.87. The van der Waals surface area contributed by atoms with Gasteiger partial charge in [0.05, 0.1) is 0 Å². The van der Waals surface area contributed by atoms with E-state index in [1.165, 1.54) is 25.7 Å². The fourth-order valence-electron chi connectivity index (χ4n) is 1.95. The minimum atomic E-state index is 0.133. The first kappa shape index (κ1) is 19.1. The van der Waals surface area contributed by atoms with E-state index >= 15 is 0 Å². The van der Waals surface area contributed by atoms with Gasteiger partial charge in [0.1, 0.15) is 0 Å². The number of hydrogen-bond donors (Lipinski definition) is 3. The number of nitrogens with one attached hydrogen (secondary N) is 2. The Morgan fingerprint density at radius 2 is 1.70 bits per heavy atom. The number of amides is 1. The summed E-state index contributed by atoms with van der Waals surface area (Å²) in [6.07, 6.45) is 12.4. The second kappa shape index (κ2) is 16.2. The second-order valence-corrected chi connectivity index (χ2v) is 5.05. The van der Waals surface area contributed by atoms with Gasteiger partial charge in [-0.15, -0.1) is 0 Å². The zero-order valence-corrected chi connectivity index (χ0v) is 13.0. The lowest BCUT2D eigenvalue weighted by atomic mass is 10.1. The smallest absolute Gasteiger partial charge is 0.220 e. The van der Waals surface area contributed by atoms with Gasteiger partial charge in [0, 0.05) is 26.1 Å². The van der Waals surface area contributed by atoms with Gasteiger partial charge < -0.3 is 15.7 Å². The molecule has 0 aliphatic carbocycles. The van der Waals surface area contributed by atoms with E-state index in [1.54, 1.807) is 0 Å². The van der Waals surface area contributed by atoms with Crippen LogP contribution in [-0.2, 0) is 4.79 Å². The summed E-state index contributed by atoms with van der Waals surface area (Å²) < 4.78 is 0. The van der Waals surface area contributed by atoms with E-state index in [2.05, 4.69) is 10.6 Å². The highest BCUT2D eigenvalue weighted by Crippen LogP contribution is 2.04. The normalized spacial score (nSPS) is 11.1. The summed E-state index contributed by atoms with van der Waals surface area (Å²) in [6, 6.07) is 0. The molecule has 0 saturated heterocycles. The van der Waals surface area contributed by atoms with Gasteiger partial charge in [0.15, 0.2) is 0 Å². The molecule has 0 radical (unpaired) electrons. The first-order valence-electron chi connectivity index (χ1n) is 8.00. The number of allylic oxidation sites excluding steroid dienone is 2. The van der Waals surface area contributed by atoms with Gasteiger partial charge in [-0.3, -0.25) is 4.79 Å². The van der Waals surface area contributed by atoms with Gasteiger partial charge in [-0.1, -0.05) is 37.8 Å². The molecule has 0 aliphatic rings. The van der Waals surface area contributed by atoms with E-state index < -0.39 is 0 Å². The van der Waals surface area contributed by atoms with Crippen LogP contribution in [0.3, 0.4) is 0 Å². The lowest BCUT2D eigenvalue weighted by molar-refractivity contribution is -0.120. The van der Waals surface area contributed by atoms with Crippen molar-refractivity contribution >= 4 is 5.91 Å². The minimum absolute atomic E-state index is 0.133. The molecule has 0 saturated carbocycles. The summed E-state index contributed by atoms with van der Waals surface area (Å²) in [5.74, 6) is 0.133. The number of aliphatic hydroxyl groups excluding tert-OH is 1. The average Bonchev–Trinajstić information content (AvgIpc) is 2.45. The predicted molar refractivity (Wildman–Crippen MR) is 84.7 cm³/mol. The molecule has 0 rings (SSSR count). The molecular formula is C16H32N2O2. The van der Waals surface area contributed by atoms with Crippen LogP contribution < -0.4 is 10.6 Å². The van der Waals surface area contributed by atoms with E-state index in [4.69, 9.17) is 5.11 Å². The van der Waals surface area contributed by atoms with Crippen molar-refractivity contribution in [2.45, 2.75) is 58.3 Å². The molecule has 3 N–H and O–H groups in total. The molecule has 0 aromatic heterocycles. The molecule has 1 amide bonds. The third-order valence-corrected chi connectivity index (χ3v) is 3.16. The van der Waals surface area contributed by atoms with Crippen LogP contribution in [0.25, 0.3) is 0 Å². The molecule has 0 heterocycles. The number of carbonyl (C=O) groups excluding carboxylic acids is 1. The molecule has 0 unspecified atom stereocenters. The fraction of sp³-hybridized carbons (Fsp3) is 0.812. The van der Waals surface area contributed by atoms with Crippen LogP contribution in [0.1, 0.15) is 58.3 Å². The van der Waals surface area contributed by atoms with Gasteiger partial charge >= 0.3 is 0 Å². The van der Waals surface area contributed by atoms with E-state index in [0.717, 1.165) is 32.4 Å². The molecular weight excluding hydrogens is 252 g/mol. The van der Waals surface area contributed by atoms with Crippen LogP contribution in [0.4, 0.5) is 0 Å². The van der Waals surface area contributed by atoms with Crippen molar-refractivity contribution < 1.29 is 9.90 Å². The van der Waals surface area contributed by atoms with Crippen LogP contribution in [0, 0.1) is 0 Å². The molecule has 20 heavy (non-hydrogen) atoms. The third-order valence-electron chi connectivity index (χ3n) is 3.16. The summed E-state index contributed by atoms with van der Waals surface area (Å²) in [5, 5.41) is 14.9. The quantitative estimate of drug-likeness (QED) is 0.339. The maximum Gasteiger partial charge on any atom is 0.220 e. The molecule has 0 spiro atoms. The molecule has 118 valence electrons. The van der Waals surface area contributed by atoms with Gasteiger partial charge in [-0.05, 0) is 32.7 Å². The summed E-state index contributed by atoms with van der Waals surface area (Å²) in [5.41, 5.74) is 0. The average molecular weight is 284 g/mol. The van der Waals surface area contributed by atoms with Crippen LogP contribution in [0.15, 0.2) is 12.2 Å². The maximum absolute atomic E-state index is 11.4. The SMILES string of the molecule is C/C=C/CCC(=O)NCCNCCCCCCCCO. The highest BCUT2D eigenvalue weighted by Gasteiger charge is 1.97. The molecule has 0 bridgehead atoms. The Balaban J connectivity index is 3.10. The Labute approximate surface area is 124 Å². The Morgan fingerprint density at radius 3 is 2.40 bits per heavy atom. The van der Waals surface area contributed by atoms with E-state index in [1.807, 2.05) is 19.1 Å². The van der Waals surface area contributed by atoms with Crippen molar-refractivity contribution in [2.75, 3.05) is 26.2 Å². The lowest BCUT2D eigenvalue weighted by Crippen LogP contribution is -2.31. The summed E-state index contributed by atoms with van der Waals surface area (Å²) >= 11 is 0. The number of unbranched alkanes of at least 4 members (excludes halogenated alkanes) is 5. The van der Waals surface area contributed by atoms with E-state index in [9.17, 15) is 4.79 Å². The highest BCUT2D eigenvalue weighted by molar-refractivity contribution is 5.75. The van der Waals surface area contributed by atoms with Crippen LogP contribution in [0.2, 0.25) is 0 Å². The topological polar surface area (TPSA) is 61.4 Å². The van der Waals surface area contributed by atoms with Crippen molar-refractivity contribution in [3.63, 3.8) is 0 Å². The Bertz CT molecular complexity index is 243. The van der Waals surface area contributed by atoms with Gasteiger partial charge in [0.2, 0.25) is 5.91 Å². The minimum Gasteiger partial charge on any atom is -0.396 e. The Hall–Kier alpha value is -0.870. The Kier molecular flexibility index (Phi) is 15.5. The highest BCUT2D eigenvalue weighted by atomic mass is 16.2. The van der Waals surface area contributed by atoms with Crippen molar-refractivity contribution in [1.82, 2.24) is 10.6 Å². The standard InChI is InChI=1S/C16H32N2O2/c1-2-3-8-11-16(20)18-14-13-17-12-9-6-4-5-7-10-15-19/h2-3,17,19H,4-15H2,1H3,(H,18,20)/b3-2+. The molecule has 0 aromatic carbocycles. The first-order valence-corrected chi connectivity index (χ1v) is 8.00. The molecule has 0 aromatic rings. The molecule has 0 atom stereocenters. The Morgan fingerprint density at radius 1 is 1.00 bits per heavy atom. The third kappa shape index (κ3) is 15.2. The van der Waals surface area contributed by atoms with Crippen molar-refractivity contribution in [3.8, 4) is 0 Å². The lowest BCUT2D eigenvalue weighted by Gasteiger charge is -2.06. The fourth-order valence-corrected chi connectivity index (χ4v) is 1.95. The van der Waals surface area contributed by atoms with Gasteiger partial charge in [-0.2, -0.15) is 0 Å². The first-order chi connectivity index (χ1) is 9.81. The monoisotopic (exact) mass is 284 g/mol. The second-order valence-electron chi connectivity index (χ2n) is 5.05. The van der Waals surface area contributed by atoms with Crippen molar-refractivity contribution in [3.05, 3.63) is 12.2 Å².